The van der Waals surface area contributed by atoms with Gasteiger partial charge in [-0.3, -0.25) is 0 Å². The normalized spacial score (nSPS) is 15.9. The fourth-order valence-electron chi connectivity index (χ4n) is 1.93. The molecular weight excluding hydrogens is 287 g/mol. The van der Waals surface area contributed by atoms with E-state index in [0.717, 1.165) is 25.1 Å². The maximum atomic E-state index is 12.6. The summed E-state index contributed by atoms with van der Waals surface area (Å²) in [6, 6.07) is 0.0132. The van der Waals surface area contributed by atoms with E-state index in [1.165, 1.54) is 16.2 Å². The molecule has 0 saturated heterocycles. The Bertz CT molecular complexity index is 427. The molecule has 20 heavy (non-hydrogen) atoms. The Morgan fingerprint density at radius 3 is 2.70 bits per heavy atom. The fourth-order valence-corrected chi connectivity index (χ4v) is 2.83. The molecule has 1 aromatic rings. The first-order valence-corrected chi connectivity index (χ1v) is 7.71. The van der Waals surface area contributed by atoms with Crippen molar-refractivity contribution in [3.63, 3.8) is 0 Å². The van der Waals surface area contributed by atoms with Crippen LogP contribution in [0.5, 0.6) is 0 Å². The number of halogens is 3. The number of anilines is 1. The fraction of sp³-hybridized carbons (Fsp3) is 0.769. The van der Waals surface area contributed by atoms with E-state index < -0.39 is 12.7 Å². The lowest BCUT2D eigenvalue weighted by Gasteiger charge is -2.22. The predicted octanol–water partition coefficient (Wildman–Crippen LogP) is 3.42. The lowest BCUT2D eigenvalue weighted by atomic mass is 10.2. The number of rotatable bonds is 7. The van der Waals surface area contributed by atoms with Gasteiger partial charge in [-0.05, 0) is 25.3 Å². The molecule has 1 heterocycles. The average Bonchev–Trinajstić information content (AvgIpc) is 3.05. The van der Waals surface area contributed by atoms with Crippen LogP contribution in [0.25, 0.3) is 0 Å². The molecule has 2 rings (SSSR count). The van der Waals surface area contributed by atoms with Gasteiger partial charge in [0.1, 0.15) is 6.54 Å². The molecule has 0 aromatic carbocycles. The maximum Gasteiger partial charge on any atom is 0.406 e. The van der Waals surface area contributed by atoms with Gasteiger partial charge in [0.05, 0.1) is 5.69 Å². The molecule has 0 bridgehead atoms. The molecule has 0 aliphatic heterocycles. The van der Waals surface area contributed by atoms with E-state index in [0.29, 0.717) is 17.6 Å². The molecular formula is C13H20F3N3S. The third-order valence-electron chi connectivity index (χ3n) is 2.98. The van der Waals surface area contributed by atoms with Gasteiger partial charge < -0.3 is 10.2 Å². The highest BCUT2D eigenvalue weighted by molar-refractivity contribution is 7.13. The summed E-state index contributed by atoms with van der Waals surface area (Å²) in [5, 5.41) is 5.58. The van der Waals surface area contributed by atoms with E-state index in [1.807, 2.05) is 5.38 Å². The molecule has 7 heteroatoms. The molecule has 3 nitrogen and oxygen atoms in total. The van der Waals surface area contributed by atoms with Crippen molar-refractivity contribution in [1.82, 2.24) is 10.3 Å². The SMILES string of the molecule is CC(C)CNCc1csc(N(CC(F)(F)F)C2CC2)n1. The molecule has 114 valence electrons. The van der Waals surface area contributed by atoms with E-state index in [-0.39, 0.29) is 6.04 Å². The zero-order chi connectivity index (χ0) is 14.8. The Kier molecular flexibility index (Phi) is 4.90. The van der Waals surface area contributed by atoms with Crippen LogP contribution in [0.15, 0.2) is 5.38 Å². The maximum absolute atomic E-state index is 12.6. The molecule has 0 atom stereocenters. The molecule has 0 unspecified atom stereocenters. The van der Waals surface area contributed by atoms with Crippen molar-refractivity contribution in [3.05, 3.63) is 11.1 Å². The molecule has 1 fully saturated rings. The van der Waals surface area contributed by atoms with Gasteiger partial charge in [0.25, 0.3) is 0 Å². The molecule has 0 amide bonds. The lowest BCUT2D eigenvalue weighted by Crippen LogP contribution is -2.36. The number of thiazole rings is 1. The van der Waals surface area contributed by atoms with Gasteiger partial charge in [0.2, 0.25) is 0 Å². The molecule has 0 radical (unpaired) electrons. The van der Waals surface area contributed by atoms with Gasteiger partial charge in [-0.25, -0.2) is 4.98 Å². The van der Waals surface area contributed by atoms with Gasteiger partial charge in [0.15, 0.2) is 5.13 Å². The minimum Gasteiger partial charge on any atom is -0.336 e. The van der Waals surface area contributed by atoms with Gasteiger partial charge >= 0.3 is 6.18 Å². The summed E-state index contributed by atoms with van der Waals surface area (Å²) in [5.41, 5.74) is 0.818. The zero-order valence-electron chi connectivity index (χ0n) is 11.7. The van der Waals surface area contributed by atoms with Crippen LogP contribution in [-0.4, -0.2) is 30.3 Å². The van der Waals surface area contributed by atoms with Crippen LogP contribution in [0.3, 0.4) is 0 Å². The second-order valence-electron chi connectivity index (χ2n) is 5.62. The van der Waals surface area contributed by atoms with Gasteiger partial charge in [0, 0.05) is 18.0 Å². The summed E-state index contributed by atoms with van der Waals surface area (Å²) < 4.78 is 37.8. The number of alkyl halides is 3. The van der Waals surface area contributed by atoms with Crippen molar-refractivity contribution in [1.29, 1.82) is 0 Å². The van der Waals surface area contributed by atoms with Crippen LogP contribution in [0, 0.1) is 5.92 Å². The smallest absolute Gasteiger partial charge is 0.336 e. The summed E-state index contributed by atoms with van der Waals surface area (Å²) in [7, 11) is 0. The van der Waals surface area contributed by atoms with E-state index >= 15 is 0 Å². The Hall–Kier alpha value is -0.820. The van der Waals surface area contributed by atoms with Crippen molar-refractivity contribution in [2.24, 2.45) is 5.92 Å². The first-order chi connectivity index (χ1) is 9.35. The third-order valence-corrected chi connectivity index (χ3v) is 3.91. The Labute approximate surface area is 121 Å². The standard InChI is InChI=1S/C13H20F3N3S/c1-9(2)5-17-6-10-7-20-12(18-10)19(11-3-4-11)8-13(14,15)16/h7,9,11,17H,3-6,8H2,1-2H3. The Morgan fingerprint density at radius 2 is 2.15 bits per heavy atom. The van der Waals surface area contributed by atoms with Crippen molar-refractivity contribution in [2.75, 3.05) is 18.0 Å². The Balaban J connectivity index is 1.94. The summed E-state index contributed by atoms with van der Waals surface area (Å²) in [4.78, 5) is 5.73. The van der Waals surface area contributed by atoms with Gasteiger partial charge in [-0.15, -0.1) is 11.3 Å². The largest absolute Gasteiger partial charge is 0.406 e. The molecule has 1 aromatic heterocycles. The van der Waals surface area contributed by atoms with E-state index in [9.17, 15) is 13.2 Å². The molecule has 1 aliphatic rings. The highest BCUT2D eigenvalue weighted by Gasteiger charge is 2.39. The lowest BCUT2D eigenvalue weighted by molar-refractivity contribution is -0.120. The van der Waals surface area contributed by atoms with Gasteiger partial charge in [-0.1, -0.05) is 13.8 Å². The second-order valence-corrected chi connectivity index (χ2v) is 6.46. The monoisotopic (exact) mass is 307 g/mol. The molecule has 1 aliphatic carbocycles. The number of nitrogens with zero attached hydrogens (tertiary/aromatic N) is 2. The van der Waals surface area contributed by atoms with E-state index in [2.05, 4.69) is 24.1 Å². The second kappa shape index (κ2) is 6.30. The molecule has 0 spiro atoms. The summed E-state index contributed by atoms with van der Waals surface area (Å²) in [5.74, 6) is 0.543. The van der Waals surface area contributed by atoms with Crippen molar-refractivity contribution >= 4 is 16.5 Å². The van der Waals surface area contributed by atoms with Crippen molar-refractivity contribution < 1.29 is 13.2 Å². The minimum absolute atomic E-state index is 0.0132. The van der Waals surface area contributed by atoms with Crippen LogP contribution < -0.4 is 10.2 Å². The van der Waals surface area contributed by atoms with Crippen LogP contribution in [0.1, 0.15) is 32.4 Å². The van der Waals surface area contributed by atoms with Crippen LogP contribution in [0.4, 0.5) is 18.3 Å². The minimum atomic E-state index is -4.18. The quantitative estimate of drug-likeness (QED) is 0.836. The topological polar surface area (TPSA) is 28.2 Å². The van der Waals surface area contributed by atoms with E-state index in [4.69, 9.17) is 0 Å². The highest BCUT2D eigenvalue weighted by atomic mass is 32.1. The average molecular weight is 307 g/mol. The first-order valence-electron chi connectivity index (χ1n) is 6.83. The van der Waals surface area contributed by atoms with Crippen molar-refractivity contribution in [2.45, 2.75) is 45.5 Å². The summed E-state index contributed by atoms with van der Waals surface area (Å²) in [6.07, 6.45) is -2.52. The first kappa shape index (κ1) is 15.6. The number of nitrogens with one attached hydrogen (secondary N) is 1. The predicted molar refractivity (Wildman–Crippen MR) is 75.1 cm³/mol. The summed E-state index contributed by atoms with van der Waals surface area (Å²) >= 11 is 1.30. The number of hydrogen-bond donors (Lipinski definition) is 1. The number of hydrogen-bond acceptors (Lipinski definition) is 4. The zero-order valence-corrected chi connectivity index (χ0v) is 12.5. The van der Waals surface area contributed by atoms with E-state index in [1.54, 1.807) is 0 Å². The highest BCUT2D eigenvalue weighted by Crippen LogP contribution is 2.35. The molecule has 1 saturated carbocycles. The van der Waals surface area contributed by atoms with Crippen LogP contribution >= 0.6 is 11.3 Å². The molecule has 1 N–H and O–H groups in total. The van der Waals surface area contributed by atoms with Gasteiger partial charge in [-0.2, -0.15) is 13.2 Å². The van der Waals surface area contributed by atoms with Crippen LogP contribution in [-0.2, 0) is 6.54 Å². The number of aromatic nitrogens is 1. The Morgan fingerprint density at radius 1 is 1.45 bits per heavy atom. The summed E-state index contributed by atoms with van der Waals surface area (Å²) in [6.45, 7) is 4.81. The third kappa shape index (κ3) is 4.94. The van der Waals surface area contributed by atoms with Crippen LogP contribution in [0.2, 0.25) is 0 Å². The van der Waals surface area contributed by atoms with Crippen molar-refractivity contribution in [3.8, 4) is 0 Å².